The first-order valence-corrected chi connectivity index (χ1v) is 8.03. The van der Waals surface area contributed by atoms with E-state index in [0.29, 0.717) is 23.5 Å². The molecule has 0 amide bonds. The fourth-order valence-corrected chi connectivity index (χ4v) is 2.86. The zero-order chi connectivity index (χ0) is 17.2. The van der Waals surface area contributed by atoms with Crippen LogP contribution >= 0.6 is 0 Å². The first-order chi connectivity index (χ1) is 12.2. The lowest BCUT2D eigenvalue weighted by atomic mass is 10.0. The number of oxazole rings is 1. The van der Waals surface area contributed by atoms with Gasteiger partial charge in [-0.3, -0.25) is 0 Å². The van der Waals surface area contributed by atoms with Crippen LogP contribution in [0.4, 0.5) is 4.39 Å². The number of nitrogens with zero attached hydrogens (tertiary/aromatic N) is 2. The van der Waals surface area contributed by atoms with Crippen molar-refractivity contribution < 1.29 is 13.5 Å². The van der Waals surface area contributed by atoms with Crippen molar-refractivity contribution in [2.45, 2.75) is 6.54 Å². The second-order valence-electron chi connectivity index (χ2n) is 5.86. The highest BCUT2D eigenvalue weighted by Crippen LogP contribution is 2.24. The molecule has 0 atom stereocenters. The van der Waals surface area contributed by atoms with Crippen LogP contribution < -0.4 is 4.74 Å². The van der Waals surface area contributed by atoms with Gasteiger partial charge in [-0.05, 0) is 35.4 Å². The standard InChI is InChI=1S/C20H17FN2O2/c1-24-17-7-4-14(5-8-17)15-3-2-10-23(12-15)13-20-22-18-11-16(21)6-9-19(18)25-20/h2-9,11-12H,10,13H2,1H3. The van der Waals surface area contributed by atoms with Crippen molar-refractivity contribution in [1.29, 1.82) is 0 Å². The fourth-order valence-electron chi connectivity index (χ4n) is 2.86. The Labute approximate surface area is 144 Å². The number of ether oxygens (including phenoxy) is 1. The van der Waals surface area contributed by atoms with E-state index in [1.54, 1.807) is 13.2 Å². The van der Waals surface area contributed by atoms with Gasteiger partial charge in [0.2, 0.25) is 5.89 Å². The molecule has 2 heterocycles. The van der Waals surface area contributed by atoms with Gasteiger partial charge in [0.05, 0.1) is 13.7 Å². The highest BCUT2D eigenvalue weighted by Gasteiger charge is 2.12. The van der Waals surface area contributed by atoms with E-state index < -0.39 is 0 Å². The molecule has 1 aliphatic heterocycles. The summed E-state index contributed by atoms with van der Waals surface area (Å²) < 4.78 is 24.2. The van der Waals surface area contributed by atoms with E-state index in [0.717, 1.165) is 23.4 Å². The first-order valence-electron chi connectivity index (χ1n) is 8.03. The predicted octanol–water partition coefficient (Wildman–Crippen LogP) is 4.39. The summed E-state index contributed by atoms with van der Waals surface area (Å²) >= 11 is 0. The van der Waals surface area contributed by atoms with Crippen LogP contribution in [0.3, 0.4) is 0 Å². The average Bonchev–Trinajstić information content (AvgIpc) is 3.03. The lowest BCUT2D eigenvalue weighted by molar-refractivity contribution is 0.353. The monoisotopic (exact) mass is 336 g/mol. The number of halogens is 1. The van der Waals surface area contributed by atoms with Gasteiger partial charge in [-0.15, -0.1) is 0 Å². The number of aromatic nitrogens is 1. The molecule has 0 unspecified atom stereocenters. The summed E-state index contributed by atoms with van der Waals surface area (Å²) in [6.07, 6.45) is 6.28. The highest BCUT2D eigenvalue weighted by atomic mass is 19.1. The minimum absolute atomic E-state index is 0.310. The van der Waals surface area contributed by atoms with E-state index in [2.05, 4.69) is 28.2 Å². The Balaban J connectivity index is 1.55. The second-order valence-corrected chi connectivity index (χ2v) is 5.86. The van der Waals surface area contributed by atoms with E-state index >= 15 is 0 Å². The number of hydrogen-bond acceptors (Lipinski definition) is 4. The molecule has 5 heteroatoms. The summed E-state index contributed by atoms with van der Waals surface area (Å²) in [6, 6.07) is 12.3. The molecule has 4 rings (SSSR count). The molecule has 0 saturated heterocycles. The summed E-state index contributed by atoms with van der Waals surface area (Å²) in [7, 11) is 1.66. The summed E-state index contributed by atoms with van der Waals surface area (Å²) in [6.45, 7) is 1.30. The number of methoxy groups -OCH3 is 1. The van der Waals surface area contributed by atoms with Gasteiger partial charge in [0.1, 0.15) is 17.1 Å². The third-order valence-corrected chi connectivity index (χ3v) is 4.11. The summed E-state index contributed by atoms with van der Waals surface area (Å²) in [5, 5.41) is 0. The Hall–Kier alpha value is -3.08. The Morgan fingerprint density at radius 2 is 2.04 bits per heavy atom. The molecule has 0 N–H and O–H groups in total. The van der Waals surface area contributed by atoms with Gasteiger partial charge < -0.3 is 14.1 Å². The molecule has 0 spiro atoms. The number of hydrogen-bond donors (Lipinski definition) is 0. The van der Waals surface area contributed by atoms with E-state index in [9.17, 15) is 4.39 Å². The highest BCUT2D eigenvalue weighted by molar-refractivity contribution is 5.75. The second kappa shape index (κ2) is 6.43. The smallest absolute Gasteiger partial charge is 0.215 e. The Bertz CT molecular complexity index is 957. The number of fused-ring (bicyclic) bond motifs is 1. The topological polar surface area (TPSA) is 38.5 Å². The zero-order valence-corrected chi connectivity index (χ0v) is 13.8. The van der Waals surface area contributed by atoms with Crippen LogP contribution in [0, 0.1) is 5.82 Å². The minimum atomic E-state index is -0.310. The lowest BCUT2D eigenvalue weighted by Crippen LogP contribution is -2.19. The Kier molecular flexibility index (Phi) is 3.98. The number of allylic oxidation sites excluding steroid dienone is 2. The largest absolute Gasteiger partial charge is 0.497 e. The molecule has 0 saturated carbocycles. The molecule has 0 fully saturated rings. The fraction of sp³-hybridized carbons (Fsp3) is 0.150. The molecule has 0 radical (unpaired) electrons. The maximum Gasteiger partial charge on any atom is 0.215 e. The Morgan fingerprint density at radius 3 is 2.84 bits per heavy atom. The van der Waals surface area contributed by atoms with Crippen LogP contribution in [0.15, 0.2) is 65.2 Å². The maximum absolute atomic E-state index is 13.3. The molecular formula is C20H17FN2O2. The van der Waals surface area contributed by atoms with Gasteiger partial charge in [0.15, 0.2) is 5.58 Å². The molecule has 3 aromatic rings. The van der Waals surface area contributed by atoms with E-state index in [-0.39, 0.29) is 5.82 Å². The normalized spacial score (nSPS) is 14.0. The molecule has 126 valence electrons. The molecule has 1 aliphatic rings. The van der Waals surface area contributed by atoms with Gasteiger partial charge in [0.25, 0.3) is 0 Å². The van der Waals surface area contributed by atoms with Crippen molar-refractivity contribution in [1.82, 2.24) is 9.88 Å². The van der Waals surface area contributed by atoms with Crippen molar-refractivity contribution in [3.05, 3.63) is 78.1 Å². The summed E-state index contributed by atoms with van der Waals surface area (Å²) in [5.74, 6) is 1.09. The molecule has 1 aromatic heterocycles. The predicted molar refractivity (Wildman–Crippen MR) is 94.5 cm³/mol. The van der Waals surface area contributed by atoms with E-state index in [1.165, 1.54) is 12.1 Å². The molecule has 2 aromatic carbocycles. The lowest BCUT2D eigenvalue weighted by Gasteiger charge is -2.21. The van der Waals surface area contributed by atoms with Crippen molar-refractivity contribution in [2.24, 2.45) is 0 Å². The van der Waals surface area contributed by atoms with Crippen LogP contribution in [-0.2, 0) is 6.54 Å². The maximum atomic E-state index is 13.3. The zero-order valence-electron chi connectivity index (χ0n) is 13.8. The van der Waals surface area contributed by atoms with E-state index in [4.69, 9.17) is 9.15 Å². The van der Waals surface area contributed by atoms with Crippen LogP contribution in [0.25, 0.3) is 16.7 Å². The van der Waals surface area contributed by atoms with Crippen LogP contribution in [0.1, 0.15) is 11.5 Å². The van der Waals surface area contributed by atoms with E-state index in [1.807, 2.05) is 24.3 Å². The summed E-state index contributed by atoms with van der Waals surface area (Å²) in [4.78, 5) is 6.48. The summed E-state index contributed by atoms with van der Waals surface area (Å²) in [5.41, 5.74) is 3.36. The number of benzene rings is 2. The molecule has 0 aliphatic carbocycles. The van der Waals surface area contributed by atoms with Gasteiger partial charge in [0, 0.05) is 18.8 Å². The molecular weight excluding hydrogens is 319 g/mol. The van der Waals surface area contributed by atoms with Crippen molar-refractivity contribution in [3.8, 4) is 5.75 Å². The third kappa shape index (κ3) is 3.26. The molecule has 4 nitrogen and oxygen atoms in total. The number of rotatable bonds is 4. The molecule has 0 bridgehead atoms. The van der Waals surface area contributed by atoms with Gasteiger partial charge in [-0.25, -0.2) is 9.37 Å². The van der Waals surface area contributed by atoms with Crippen LogP contribution in [0.2, 0.25) is 0 Å². The van der Waals surface area contributed by atoms with Crippen molar-refractivity contribution in [3.63, 3.8) is 0 Å². The van der Waals surface area contributed by atoms with Crippen molar-refractivity contribution in [2.75, 3.05) is 13.7 Å². The van der Waals surface area contributed by atoms with Crippen molar-refractivity contribution >= 4 is 16.7 Å². The van der Waals surface area contributed by atoms with Gasteiger partial charge in [-0.2, -0.15) is 0 Å². The molecule has 25 heavy (non-hydrogen) atoms. The first kappa shape index (κ1) is 15.4. The quantitative estimate of drug-likeness (QED) is 0.708. The minimum Gasteiger partial charge on any atom is -0.497 e. The average molecular weight is 336 g/mol. The van der Waals surface area contributed by atoms with Gasteiger partial charge >= 0.3 is 0 Å². The van der Waals surface area contributed by atoms with Gasteiger partial charge in [-0.1, -0.05) is 24.3 Å². The van der Waals surface area contributed by atoms with Crippen LogP contribution in [0.5, 0.6) is 5.75 Å². The van der Waals surface area contributed by atoms with Crippen LogP contribution in [-0.4, -0.2) is 23.5 Å². The Morgan fingerprint density at radius 1 is 1.20 bits per heavy atom. The third-order valence-electron chi connectivity index (χ3n) is 4.11. The SMILES string of the molecule is COc1ccc(C2=CN(Cc3nc4cc(F)ccc4o3)CC=C2)cc1.